The highest BCUT2D eigenvalue weighted by Gasteiger charge is 2.52. The molecule has 164 valence electrons. The Balaban J connectivity index is 1.69. The molecule has 3 atom stereocenters. The maximum Gasteiger partial charge on any atom is 0.416 e. The van der Waals surface area contributed by atoms with Crippen molar-refractivity contribution in [2.24, 2.45) is 10.2 Å². The van der Waals surface area contributed by atoms with Crippen LogP contribution in [0.15, 0.2) is 87.9 Å². The van der Waals surface area contributed by atoms with Crippen LogP contribution in [0.2, 0.25) is 0 Å². The largest absolute Gasteiger partial charge is 0.416 e. The smallest absolute Gasteiger partial charge is 0.362 e. The molecular weight excluding hydrogens is 417 g/mol. The van der Waals surface area contributed by atoms with Gasteiger partial charge in [0.25, 0.3) is 5.91 Å². The second-order valence-corrected chi connectivity index (χ2v) is 8.19. The lowest BCUT2D eigenvalue weighted by Crippen LogP contribution is -2.53. The van der Waals surface area contributed by atoms with E-state index in [1.165, 1.54) is 6.07 Å². The minimum absolute atomic E-state index is 0.241. The summed E-state index contributed by atoms with van der Waals surface area (Å²) in [5.74, 6) is -0.293. The molecule has 0 bridgehead atoms. The molecule has 0 aromatic heterocycles. The Hall–Kier alpha value is -3.42. The maximum absolute atomic E-state index is 13.5. The molecule has 0 saturated carbocycles. The van der Waals surface area contributed by atoms with Crippen LogP contribution >= 0.6 is 0 Å². The van der Waals surface area contributed by atoms with E-state index >= 15 is 0 Å². The molecule has 0 saturated heterocycles. The number of carbonyl (C=O) groups is 1. The summed E-state index contributed by atoms with van der Waals surface area (Å²) < 4.78 is 40.6. The molecule has 2 aromatic carbocycles. The van der Waals surface area contributed by atoms with Gasteiger partial charge in [-0.25, -0.2) is 0 Å². The molecule has 8 heteroatoms. The minimum atomic E-state index is -4.49. The highest BCUT2D eigenvalue weighted by molar-refractivity contribution is 5.99. The standard InChI is InChI=1S/C24H21F3N4O/c1-2-23(15-9-6-10-16(11-15)24(25,26)27)17-13-28-31-21(17)29-19-12-18(30-22(32)20(19)23)14-7-4-3-5-8-14/h3-11,13,18,21,29H,2,12H2,1H3,(H,30,32)/t18-,21?,23+/m0/s1. The van der Waals surface area contributed by atoms with Gasteiger partial charge in [0.15, 0.2) is 6.17 Å². The fraction of sp³-hybridized carbons (Fsp3) is 0.292. The van der Waals surface area contributed by atoms with Gasteiger partial charge in [-0.2, -0.15) is 23.4 Å². The van der Waals surface area contributed by atoms with Crippen molar-refractivity contribution in [3.63, 3.8) is 0 Å². The molecule has 5 nitrogen and oxygen atoms in total. The van der Waals surface area contributed by atoms with Crippen molar-refractivity contribution < 1.29 is 18.0 Å². The number of amides is 1. The SMILES string of the molecule is CC[C@@]1(c2cccc(C(F)(F)F)c2)C2=CN=NC2NC2=C1C(=O)N[C@H](c1ccccc1)C2. The average Bonchev–Trinajstić information content (AvgIpc) is 3.26. The first kappa shape index (κ1) is 20.5. The Kier molecular flexibility index (Phi) is 4.69. The molecule has 32 heavy (non-hydrogen) atoms. The number of carbonyl (C=O) groups excluding carboxylic acids is 1. The van der Waals surface area contributed by atoms with Gasteiger partial charge in [-0.3, -0.25) is 4.79 Å². The molecular formula is C24H21F3N4O. The highest BCUT2D eigenvalue weighted by atomic mass is 19.4. The minimum Gasteiger partial charge on any atom is -0.362 e. The van der Waals surface area contributed by atoms with Crippen molar-refractivity contribution in [3.8, 4) is 0 Å². The van der Waals surface area contributed by atoms with Crippen LogP contribution in [0.3, 0.4) is 0 Å². The molecule has 1 amide bonds. The van der Waals surface area contributed by atoms with E-state index in [1.807, 2.05) is 37.3 Å². The van der Waals surface area contributed by atoms with Crippen molar-refractivity contribution >= 4 is 5.91 Å². The summed E-state index contributed by atoms with van der Waals surface area (Å²) in [6.45, 7) is 1.88. The molecule has 1 unspecified atom stereocenters. The average molecular weight is 438 g/mol. The number of nitrogens with one attached hydrogen (secondary N) is 2. The summed E-state index contributed by atoms with van der Waals surface area (Å²) in [6, 6.07) is 14.6. The number of alkyl halides is 3. The predicted molar refractivity (Wildman–Crippen MR) is 112 cm³/mol. The van der Waals surface area contributed by atoms with Crippen LogP contribution in [-0.4, -0.2) is 12.1 Å². The van der Waals surface area contributed by atoms with E-state index in [1.54, 1.807) is 12.3 Å². The van der Waals surface area contributed by atoms with Crippen molar-refractivity contribution in [2.45, 2.75) is 43.6 Å². The van der Waals surface area contributed by atoms with E-state index < -0.39 is 23.3 Å². The van der Waals surface area contributed by atoms with E-state index in [0.29, 0.717) is 35.2 Å². The number of hydrogen-bond acceptors (Lipinski definition) is 4. The Morgan fingerprint density at radius 3 is 2.59 bits per heavy atom. The van der Waals surface area contributed by atoms with Crippen LogP contribution in [0.4, 0.5) is 13.2 Å². The zero-order valence-corrected chi connectivity index (χ0v) is 17.3. The summed E-state index contributed by atoms with van der Waals surface area (Å²) in [7, 11) is 0. The molecule has 0 radical (unpaired) electrons. The Morgan fingerprint density at radius 1 is 1.09 bits per heavy atom. The lowest BCUT2D eigenvalue weighted by Gasteiger charge is -2.46. The molecule has 3 heterocycles. The molecule has 0 spiro atoms. The van der Waals surface area contributed by atoms with Crippen LogP contribution in [0, 0.1) is 0 Å². The van der Waals surface area contributed by atoms with Crippen LogP contribution in [-0.2, 0) is 16.4 Å². The normalized spacial score (nSPS) is 26.8. The third-order valence-electron chi connectivity index (χ3n) is 6.56. The molecule has 3 aliphatic rings. The second-order valence-electron chi connectivity index (χ2n) is 8.19. The lowest BCUT2D eigenvalue weighted by atomic mass is 9.62. The van der Waals surface area contributed by atoms with Crippen molar-refractivity contribution in [2.75, 3.05) is 0 Å². The number of nitrogens with zero attached hydrogens (tertiary/aromatic N) is 2. The Morgan fingerprint density at radius 2 is 1.88 bits per heavy atom. The van der Waals surface area contributed by atoms with Crippen molar-refractivity contribution in [1.29, 1.82) is 0 Å². The lowest BCUT2D eigenvalue weighted by molar-refractivity contribution is -0.137. The number of benzene rings is 2. The number of fused-ring (bicyclic) bond motifs is 1. The highest BCUT2D eigenvalue weighted by Crippen LogP contribution is 2.52. The van der Waals surface area contributed by atoms with Gasteiger partial charge < -0.3 is 10.6 Å². The summed E-state index contributed by atoms with van der Waals surface area (Å²) in [6.07, 6.45) is -2.54. The Bertz CT molecular complexity index is 1170. The van der Waals surface area contributed by atoms with Gasteiger partial charge in [-0.1, -0.05) is 55.5 Å². The van der Waals surface area contributed by atoms with Gasteiger partial charge in [0.05, 0.1) is 28.8 Å². The first-order valence-corrected chi connectivity index (χ1v) is 10.5. The van der Waals surface area contributed by atoms with Crippen molar-refractivity contribution in [3.05, 3.63) is 94.3 Å². The predicted octanol–water partition coefficient (Wildman–Crippen LogP) is 5.15. The molecule has 0 fully saturated rings. The number of halogens is 3. The number of hydrogen-bond donors (Lipinski definition) is 2. The van der Waals surface area contributed by atoms with Crippen LogP contribution in [0.25, 0.3) is 0 Å². The van der Waals surface area contributed by atoms with E-state index in [9.17, 15) is 18.0 Å². The molecule has 3 aliphatic heterocycles. The number of rotatable bonds is 3. The zero-order valence-electron chi connectivity index (χ0n) is 17.3. The van der Waals surface area contributed by atoms with Crippen LogP contribution < -0.4 is 10.6 Å². The first-order chi connectivity index (χ1) is 15.3. The van der Waals surface area contributed by atoms with Gasteiger partial charge in [-0.05, 0) is 23.6 Å². The van der Waals surface area contributed by atoms with E-state index in [-0.39, 0.29) is 11.9 Å². The molecule has 2 aromatic rings. The summed E-state index contributed by atoms with van der Waals surface area (Å²) >= 11 is 0. The van der Waals surface area contributed by atoms with E-state index in [4.69, 9.17) is 0 Å². The monoisotopic (exact) mass is 438 g/mol. The third-order valence-corrected chi connectivity index (χ3v) is 6.56. The Labute approximate surface area is 183 Å². The van der Waals surface area contributed by atoms with Gasteiger partial charge >= 0.3 is 6.18 Å². The fourth-order valence-corrected chi connectivity index (χ4v) is 5.11. The van der Waals surface area contributed by atoms with Crippen LogP contribution in [0.5, 0.6) is 0 Å². The van der Waals surface area contributed by atoms with Gasteiger partial charge in [0.2, 0.25) is 0 Å². The molecule has 5 rings (SSSR count). The zero-order chi connectivity index (χ0) is 22.5. The van der Waals surface area contributed by atoms with E-state index in [0.717, 1.165) is 17.7 Å². The fourth-order valence-electron chi connectivity index (χ4n) is 5.11. The van der Waals surface area contributed by atoms with Gasteiger partial charge in [-0.15, -0.1) is 0 Å². The first-order valence-electron chi connectivity index (χ1n) is 10.5. The second kappa shape index (κ2) is 7.32. The third kappa shape index (κ3) is 3.04. The quantitative estimate of drug-likeness (QED) is 0.696. The molecule has 0 aliphatic carbocycles. The van der Waals surface area contributed by atoms with Crippen LogP contribution in [0.1, 0.15) is 42.5 Å². The van der Waals surface area contributed by atoms with Crippen molar-refractivity contribution in [1.82, 2.24) is 10.6 Å². The summed E-state index contributed by atoms with van der Waals surface area (Å²) in [4.78, 5) is 13.5. The summed E-state index contributed by atoms with van der Waals surface area (Å²) in [5, 5.41) is 14.7. The van der Waals surface area contributed by atoms with Gasteiger partial charge in [0.1, 0.15) is 0 Å². The van der Waals surface area contributed by atoms with E-state index in [2.05, 4.69) is 20.9 Å². The maximum atomic E-state index is 13.5. The van der Waals surface area contributed by atoms with Gasteiger partial charge in [0, 0.05) is 17.7 Å². The molecule has 2 N–H and O–H groups in total. The summed E-state index contributed by atoms with van der Waals surface area (Å²) in [5.41, 5.74) is 1.41. The number of azo groups is 1. The topological polar surface area (TPSA) is 65.8 Å².